The van der Waals surface area contributed by atoms with Crippen LogP contribution in [0, 0.1) is 0 Å². The Morgan fingerprint density at radius 2 is 1.65 bits per heavy atom. The minimum Gasteiger partial charge on any atom is -0.493 e. The lowest BCUT2D eigenvalue weighted by molar-refractivity contribution is 0.210. The van der Waals surface area contributed by atoms with Crippen molar-refractivity contribution < 1.29 is 9.47 Å². The minimum atomic E-state index is 0.406. The summed E-state index contributed by atoms with van der Waals surface area (Å²) in [4.78, 5) is 5.03. The Kier molecular flexibility index (Phi) is 6.79. The molecule has 1 unspecified atom stereocenters. The van der Waals surface area contributed by atoms with Crippen molar-refractivity contribution in [3.05, 3.63) is 71.3 Å². The Labute approximate surface area is 186 Å². The van der Waals surface area contributed by atoms with E-state index in [0.29, 0.717) is 6.04 Å². The topological polar surface area (TPSA) is 24.9 Å². The standard InChI is InChI=1S/C27H34N2O2/c1-20(22-11-10-21-8-5-6-9-23(21)16-22)28(2)13-7-14-29-15-12-24-17-26(30-3)27(31-4)18-25(24)19-29/h5-6,8-11,16-18,20H,7,12-15,19H2,1-4H3. The summed E-state index contributed by atoms with van der Waals surface area (Å²) in [6.45, 7) is 6.60. The SMILES string of the molecule is COc1cc2c(cc1OC)CN(CCCN(C)C(C)c1ccc3ccccc3c1)CC2. The third-order valence-corrected chi connectivity index (χ3v) is 6.70. The first-order valence-corrected chi connectivity index (χ1v) is 11.2. The summed E-state index contributed by atoms with van der Waals surface area (Å²) in [6.07, 6.45) is 2.23. The van der Waals surface area contributed by atoms with E-state index < -0.39 is 0 Å². The van der Waals surface area contributed by atoms with Crippen molar-refractivity contribution in [2.45, 2.75) is 32.4 Å². The number of ether oxygens (including phenoxy) is 2. The van der Waals surface area contributed by atoms with Crippen molar-refractivity contribution in [2.75, 3.05) is 40.9 Å². The van der Waals surface area contributed by atoms with Gasteiger partial charge in [0, 0.05) is 19.1 Å². The van der Waals surface area contributed by atoms with Gasteiger partial charge in [-0.15, -0.1) is 0 Å². The molecule has 0 spiro atoms. The first-order valence-electron chi connectivity index (χ1n) is 11.2. The molecule has 0 saturated heterocycles. The fourth-order valence-corrected chi connectivity index (χ4v) is 4.59. The summed E-state index contributed by atoms with van der Waals surface area (Å²) in [7, 11) is 5.65. The number of fused-ring (bicyclic) bond motifs is 2. The molecule has 1 atom stereocenters. The van der Waals surface area contributed by atoms with Gasteiger partial charge in [-0.05, 0) is 85.6 Å². The van der Waals surface area contributed by atoms with Gasteiger partial charge in [0.05, 0.1) is 14.2 Å². The van der Waals surface area contributed by atoms with Crippen LogP contribution >= 0.6 is 0 Å². The van der Waals surface area contributed by atoms with Gasteiger partial charge in [-0.2, -0.15) is 0 Å². The van der Waals surface area contributed by atoms with Crippen LogP contribution < -0.4 is 9.47 Å². The lowest BCUT2D eigenvalue weighted by Gasteiger charge is -2.31. The van der Waals surface area contributed by atoms with Crippen LogP contribution in [0.4, 0.5) is 0 Å². The van der Waals surface area contributed by atoms with Crippen molar-refractivity contribution in [3.8, 4) is 11.5 Å². The van der Waals surface area contributed by atoms with Crippen LogP contribution in [0.5, 0.6) is 11.5 Å². The third-order valence-electron chi connectivity index (χ3n) is 6.70. The second-order valence-electron chi connectivity index (χ2n) is 8.62. The highest BCUT2D eigenvalue weighted by Gasteiger charge is 2.20. The van der Waals surface area contributed by atoms with Gasteiger partial charge >= 0.3 is 0 Å². The number of methoxy groups -OCH3 is 2. The molecular weight excluding hydrogens is 384 g/mol. The Balaban J connectivity index is 1.31. The maximum Gasteiger partial charge on any atom is 0.161 e. The van der Waals surface area contributed by atoms with Crippen molar-refractivity contribution >= 4 is 10.8 Å². The largest absolute Gasteiger partial charge is 0.493 e. The van der Waals surface area contributed by atoms with E-state index in [1.807, 2.05) is 0 Å². The van der Waals surface area contributed by atoms with E-state index in [4.69, 9.17) is 9.47 Å². The first kappa shape index (κ1) is 21.7. The molecule has 0 radical (unpaired) electrons. The van der Waals surface area contributed by atoms with Gasteiger partial charge in [0.2, 0.25) is 0 Å². The highest BCUT2D eigenvalue weighted by molar-refractivity contribution is 5.83. The molecule has 1 aliphatic heterocycles. The fraction of sp³-hybridized carbons (Fsp3) is 0.407. The maximum atomic E-state index is 5.50. The normalized spacial score (nSPS) is 15.1. The van der Waals surface area contributed by atoms with Crippen molar-refractivity contribution in [1.82, 2.24) is 9.80 Å². The zero-order valence-corrected chi connectivity index (χ0v) is 19.2. The highest BCUT2D eigenvalue weighted by Crippen LogP contribution is 2.33. The number of hydrogen-bond donors (Lipinski definition) is 0. The number of nitrogens with zero attached hydrogens (tertiary/aromatic N) is 2. The summed E-state index contributed by atoms with van der Waals surface area (Å²) >= 11 is 0. The molecule has 4 heteroatoms. The zero-order chi connectivity index (χ0) is 21.8. The predicted octanol–water partition coefficient (Wildman–Crippen LogP) is 5.30. The monoisotopic (exact) mass is 418 g/mol. The van der Waals surface area contributed by atoms with E-state index in [2.05, 4.69) is 78.4 Å². The molecule has 0 bridgehead atoms. The summed E-state index contributed by atoms with van der Waals surface area (Å²) in [5, 5.41) is 2.63. The molecule has 3 aromatic rings. The van der Waals surface area contributed by atoms with Gasteiger partial charge in [-0.1, -0.05) is 36.4 Å². The van der Waals surface area contributed by atoms with E-state index in [1.54, 1.807) is 14.2 Å². The molecule has 0 saturated carbocycles. The Hall–Kier alpha value is -2.56. The molecule has 3 aromatic carbocycles. The predicted molar refractivity (Wildman–Crippen MR) is 128 cm³/mol. The van der Waals surface area contributed by atoms with Crippen LogP contribution in [-0.2, 0) is 13.0 Å². The molecule has 0 N–H and O–H groups in total. The second-order valence-corrected chi connectivity index (χ2v) is 8.62. The molecule has 4 rings (SSSR count). The van der Waals surface area contributed by atoms with Crippen LogP contribution in [0.25, 0.3) is 10.8 Å². The summed E-state index contributed by atoms with van der Waals surface area (Å²) in [5.41, 5.74) is 4.13. The minimum absolute atomic E-state index is 0.406. The van der Waals surface area contributed by atoms with Gasteiger partial charge in [-0.25, -0.2) is 0 Å². The van der Waals surface area contributed by atoms with Crippen molar-refractivity contribution in [2.24, 2.45) is 0 Å². The summed E-state index contributed by atoms with van der Waals surface area (Å²) < 4.78 is 11.0. The lowest BCUT2D eigenvalue weighted by atomic mass is 9.98. The average molecular weight is 419 g/mol. The van der Waals surface area contributed by atoms with Gasteiger partial charge in [-0.3, -0.25) is 9.80 Å². The van der Waals surface area contributed by atoms with E-state index in [9.17, 15) is 0 Å². The molecule has 0 amide bonds. The molecule has 1 aliphatic rings. The van der Waals surface area contributed by atoms with Crippen LogP contribution in [0.2, 0.25) is 0 Å². The average Bonchev–Trinajstić information content (AvgIpc) is 2.82. The molecule has 31 heavy (non-hydrogen) atoms. The van der Waals surface area contributed by atoms with E-state index >= 15 is 0 Å². The maximum absolute atomic E-state index is 5.50. The van der Waals surface area contributed by atoms with E-state index in [0.717, 1.165) is 50.5 Å². The van der Waals surface area contributed by atoms with Gasteiger partial charge < -0.3 is 9.47 Å². The number of benzene rings is 3. The smallest absolute Gasteiger partial charge is 0.161 e. The molecule has 164 valence electrons. The molecule has 0 aromatic heterocycles. The van der Waals surface area contributed by atoms with Crippen LogP contribution in [0.1, 0.15) is 36.1 Å². The van der Waals surface area contributed by atoms with E-state index in [-0.39, 0.29) is 0 Å². The quantitative estimate of drug-likeness (QED) is 0.496. The molecular formula is C27H34N2O2. The Morgan fingerprint density at radius 3 is 2.39 bits per heavy atom. The third kappa shape index (κ3) is 4.86. The highest BCUT2D eigenvalue weighted by atomic mass is 16.5. The number of hydrogen-bond acceptors (Lipinski definition) is 4. The van der Waals surface area contributed by atoms with E-state index in [1.165, 1.54) is 27.5 Å². The molecule has 4 nitrogen and oxygen atoms in total. The zero-order valence-electron chi connectivity index (χ0n) is 19.2. The second kappa shape index (κ2) is 9.71. The van der Waals surface area contributed by atoms with Gasteiger partial charge in [0.1, 0.15) is 0 Å². The van der Waals surface area contributed by atoms with Gasteiger partial charge in [0.15, 0.2) is 11.5 Å². The molecule has 0 aliphatic carbocycles. The first-order chi connectivity index (χ1) is 15.1. The Bertz CT molecular complexity index is 1030. The summed E-state index contributed by atoms with van der Waals surface area (Å²) in [6, 6.07) is 20.1. The number of rotatable bonds is 8. The summed E-state index contributed by atoms with van der Waals surface area (Å²) in [5.74, 6) is 1.66. The van der Waals surface area contributed by atoms with Crippen molar-refractivity contribution in [1.29, 1.82) is 0 Å². The van der Waals surface area contributed by atoms with Crippen LogP contribution in [0.3, 0.4) is 0 Å². The van der Waals surface area contributed by atoms with Gasteiger partial charge in [0.25, 0.3) is 0 Å². The Morgan fingerprint density at radius 1 is 0.935 bits per heavy atom. The van der Waals surface area contributed by atoms with Crippen LogP contribution in [0.15, 0.2) is 54.6 Å². The van der Waals surface area contributed by atoms with Crippen LogP contribution in [-0.4, -0.2) is 50.7 Å². The molecule has 0 fully saturated rings. The fourth-order valence-electron chi connectivity index (χ4n) is 4.59. The van der Waals surface area contributed by atoms with Crippen molar-refractivity contribution in [3.63, 3.8) is 0 Å². The lowest BCUT2D eigenvalue weighted by Crippen LogP contribution is -2.33. The molecule has 1 heterocycles.